The predicted molar refractivity (Wildman–Crippen MR) is 129 cm³/mol. The highest BCUT2D eigenvalue weighted by Gasteiger charge is 2.16. The van der Waals surface area contributed by atoms with Gasteiger partial charge >= 0.3 is 0 Å². The van der Waals surface area contributed by atoms with Crippen molar-refractivity contribution in [3.63, 3.8) is 0 Å². The van der Waals surface area contributed by atoms with Crippen molar-refractivity contribution >= 4 is 29.0 Å². The van der Waals surface area contributed by atoms with E-state index in [0.29, 0.717) is 11.1 Å². The molecule has 0 bridgehead atoms. The fraction of sp³-hybridized carbons (Fsp3) is 0.292. The van der Waals surface area contributed by atoms with Gasteiger partial charge in [0.1, 0.15) is 0 Å². The summed E-state index contributed by atoms with van der Waals surface area (Å²) in [5, 5.41) is 11.4. The van der Waals surface area contributed by atoms with Gasteiger partial charge in [0.2, 0.25) is 11.8 Å². The number of aromatic nitrogens is 2. The average Bonchev–Trinajstić information content (AvgIpc) is 3.28. The number of benzene rings is 2. The Hall–Kier alpha value is -3.10. The maximum atomic E-state index is 12.3. The van der Waals surface area contributed by atoms with Crippen LogP contribution in [-0.2, 0) is 4.79 Å². The molecule has 0 spiro atoms. The summed E-state index contributed by atoms with van der Waals surface area (Å²) in [5.74, 6) is 0.538. The van der Waals surface area contributed by atoms with Crippen LogP contribution in [0.4, 0.5) is 11.4 Å². The zero-order valence-electron chi connectivity index (χ0n) is 18.2. The molecule has 3 aromatic rings. The molecule has 166 valence electrons. The smallest absolute Gasteiger partial charge is 0.277 e. The molecule has 0 atom stereocenters. The average molecular weight is 450 g/mol. The number of piperazine rings is 1. The third kappa shape index (κ3) is 5.77. The summed E-state index contributed by atoms with van der Waals surface area (Å²) in [6, 6.07) is 15.9. The zero-order valence-corrected chi connectivity index (χ0v) is 19.0. The number of hydrogen-bond donors (Lipinski definition) is 1. The second-order valence-electron chi connectivity index (χ2n) is 7.70. The Bertz CT molecular complexity index is 1060. The molecule has 8 heteroatoms. The van der Waals surface area contributed by atoms with Crippen molar-refractivity contribution in [2.75, 3.05) is 48.7 Å². The van der Waals surface area contributed by atoms with E-state index in [9.17, 15) is 4.79 Å². The highest BCUT2D eigenvalue weighted by molar-refractivity contribution is 7.99. The maximum absolute atomic E-state index is 12.3. The van der Waals surface area contributed by atoms with Crippen LogP contribution < -0.4 is 10.2 Å². The Morgan fingerprint density at radius 3 is 2.66 bits per heavy atom. The lowest BCUT2D eigenvalue weighted by atomic mass is 10.1. The van der Waals surface area contributed by atoms with Gasteiger partial charge in [0, 0.05) is 49.7 Å². The lowest BCUT2D eigenvalue weighted by molar-refractivity contribution is -0.113. The van der Waals surface area contributed by atoms with E-state index in [1.807, 2.05) is 49.4 Å². The molecule has 1 aromatic heterocycles. The Balaban J connectivity index is 1.25. The van der Waals surface area contributed by atoms with E-state index in [0.717, 1.165) is 49.5 Å². The Morgan fingerprint density at radius 2 is 1.94 bits per heavy atom. The first-order valence-corrected chi connectivity index (χ1v) is 11.6. The van der Waals surface area contributed by atoms with Crippen molar-refractivity contribution in [3.05, 3.63) is 66.7 Å². The monoisotopic (exact) mass is 449 g/mol. The van der Waals surface area contributed by atoms with E-state index in [2.05, 4.69) is 44.0 Å². The highest BCUT2D eigenvalue weighted by atomic mass is 32.2. The van der Waals surface area contributed by atoms with Gasteiger partial charge < -0.3 is 14.6 Å². The summed E-state index contributed by atoms with van der Waals surface area (Å²) < 4.78 is 5.68. The lowest BCUT2D eigenvalue weighted by Gasteiger charge is -2.35. The van der Waals surface area contributed by atoms with Crippen LogP contribution in [-0.4, -0.2) is 59.5 Å². The molecule has 2 aromatic carbocycles. The molecule has 7 nitrogen and oxygen atoms in total. The molecule has 1 N–H and O–H groups in total. The standard InChI is InChI=1S/C24H27N5O2S/c1-3-11-28-12-14-29(15-13-28)21-9-7-20(8-10-21)25-22(30)17-32-24-27-26-23(31-24)19-6-4-5-18(2)16-19/h3-10,16H,1,11-15,17H2,2H3,(H,25,30). The van der Waals surface area contributed by atoms with Crippen LogP contribution in [0, 0.1) is 6.92 Å². The summed E-state index contributed by atoms with van der Waals surface area (Å²) in [5.41, 5.74) is 3.94. The summed E-state index contributed by atoms with van der Waals surface area (Å²) in [6.45, 7) is 10.8. The van der Waals surface area contributed by atoms with E-state index in [-0.39, 0.29) is 11.7 Å². The molecule has 1 aliphatic heterocycles. The number of aryl methyl sites for hydroxylation is 1. The molecule has 1 amide bonds. The molecule has 1 aliphatic rings. The molecular weight excluding hydrogens is 422 g/mol. The second-order valence-corrected chi connectivity index (χ2v) is 8.63. The van der Waals surface area contributed by atoms with E-state index in [1.165, 1.54) is 17.4 Å². The summed E-state index contributed by atoms with van der Waals surface area (Å²) in [4.78, 5) is 17.1. The van der Waals surface area contributed by atoms with Crippen LogP contribution >= 0.6 is 11.8 Å². The van der Waals surface area contributed by atoms with Crippen LogP contribution in [0.3, 0.4) is 0 Å². The normalized spacial score (nSPS) is 14.3. The SMILES string of the molecule is C=CCN1CCN(c2ccc(NC(=O)CSc3nnc(-c4cccc(C)c4)o3)cc2)CC1. The number of nitrogens with one attached hydrogen (secondary N) is 1. The number of carbonyl (C=O) groups is 1. The number of anilines is 2. The lowest BCUT2D eigenvalue weighted by Crippen LogP contribution is -2.46. The first-order chi connectivity index (χ1) is 15.6. The van der Waals surface area contributed by atoms with Gasteiger partial charge in [-0.3, -0.25) is 9.69 Å². The van der Waals surface area contributed by atoms with E-state index < -0.39 is 0 Å². The molecule has 0 radical (unpaired) electrons. The predicted octanol–water partition coefficient (Wildman–Crippen LogP) is 4.08. The molecule has 32 heavy (non-hydrogen) atoms. The fourth-order valence-corrected chi connectivity index (χ4v) is 4.18. The third-order valence-corrected chi connectivity index (χ3v) is 6.09. The fourth-order valence-electron chi connectivity index (χ4n) is 3.61. The molecule has 0 aliphatic carbocycles. The maximum Gasteiger partial charge on any atom is 0.277 e. The van der Waals surface area contributed by atoms with E-state index in [4.69, 9.17) is 4.42 Å². The van der Waals surface area contributed by atoms with Crippen LogP contribution in [0.25, 0.3) is 11.5 Å². The van der Waals surface area contributed by atoms with Gasteiger partial charge in [-0.25, -0.2) is 0 Å². The quantitative estimate of drug-likeness (QED) is 0.410. The number of hydrogen-bond acceptors (Lipinski definition) is 7. The van der Waals surface area contributed by atoms with Gasteiger partial charge in [-0.2, -0.15) is 0 Å². The number of carbonyl (C=O) groups excluding carboxylic acids is 1. The molecule has 1 fully saturated rings. The number of nitrogens with zero attached hydrogens (tertiary/aromatic N) is 4. The molecule has 1 saturated heterocycles. The second kappa shape index (κ2) is 10.5. The van der Waals surface area contributed by atoms with Crippen molar-refractivity contribution in [1.82, 2.24) is 15.1 Å². The molecular formula is C24H27N5O2S. The third-order valence-electron chi connectivity index (χ3n) is 5.27. The minimum atomic E-state index is -0.115. The van der Waals surface area contributed by atoms with Crippen molar-refractivity contribution in [1.29, 1.82) is 0 Å². The van der Waals surface area contributed by atoms with Crippen LogP contribution in [0.5, 0.6) is 0 Å². The Kier molecular flexibility index (Phi) is 7.24. The van der Waals surface area contributed by atoms with Gasteiger partial charge in [-0.15, -0.1) is 16.8 Å². The van der Waals surface area contributed by atoms with Crippen LogP contribution in [0.15, 0.2) is 70.8 Å². The van der Waals surface area contributed by atoms with E-state index in [1.54, 1.807) is 0 Å². The summed E-state index contributed by atoms with van der Waals surface area (Å²) in [6.07, 6.45) is 1.95. The molecule has 2 heterocycles. The van der Waals surface area contributed by atoms with Gasteiger partial charge in [0.05, 0.1) is 5.75 Å². The largest absolute Gasteiger partial charge is 0.411 e. The van der Waals surface area contributed by atoms with E-state index >= 15 is 0 Å². The summed E-state index contributed by atoms with van der Waals surface area (Å²) in [7, 11) is 0. The molecule has 0 saturated carbocycles. The van der Waals surface area contributed by atoms with Gasteiger partial charge in [-0.1, -0.05) is 35.5 Å². The number of thioether (sulfide) groups is 1. The zero-order chi connectivity index (χ0) is 22.3. The highest BCUT2D eigenvalue weighted by Crippen LogP contribution is 2.24. The first-order valence-electron chi connectivity index (χ1n) is 10.6. The van der Waals surface area contributed by atoms with Crippen molar-refractivity contribution in [2.45, 2.75) is 12.1 Å². The minimum absolute atomic E-state index is 0.115. The van der Waals surface area contributed by atoms with Crippen LogP contribution in [0.2, 0.25) is 0 Å². The minimum Gasteiger partial charge on any atom is -0.411 e. The number of amides is 1. The van der Waals surface area contributed by atoms with Crippen LogP contribution in [0.1, 0.15) is 5.56 Å². The van der Waals surface area contributed by atoms with Crippen molar-refractivity contribution < 1.29 is 9.21 Å². The Morgan fingerprint density at radius 1 is 1.16 bits per heavy atom. The van der Waals surface area contributed by atoms with Gasteiger partial charge in [0.15, 0.2) is 0 Å². The van der Waals surface area contributed by atoms with Gasteiger partial charge in [-0.05, 0) is 43.3 Å². The molecule has 4 rings (SSSR count). The summed E-state index contributed by atoms with van der Waals surface area (Å²) >= 11 is 1.23. The van der Waals surface area contributed by atoms with Gasteiger partial charge in [0.25, 0.3) is 5.22 Å². The molecule has 0 unspecified atom stereocenters. The van der Waals surface area contributed by atoms with Crippen molar-refractivity contribution in [2.24, 2.45) is 0 Å². The first kappa shape index (κ1) is 22.1. The number of rotatable bonds is 8. The van der Waals surface area contributed by atoms with Crippen molar-refractivity contribution in [3.8, 4) is 11.5 Å². The topological polar surface area (TPSA) is 74.5 Å². The Labute approximate surface area is 192 Å².